The molecule has 2 aromatic rings. The van der Waals surface area contributed by atoms with E-state index in [-0.39, 0.29) is 5.78 Å². The number of carbonyl (C=O) groups excluding carboxylic acids is 1. The Bertz CT molecular complexity index is 754. The number of ketones is 1. The summed E-state index contributed by atoms with van der Waals surface area (Å²) in [7, 11) is 0. The predicted octanol–water partition coefficient (Wildman–Crippen LogP) is 4.18. The highest BCUT2D eigenvalue weighted by Gasteiger charge is 2.17. The third-order valence-corrected chi connectivity index (χ3v) is 3.93. The Kier molecular flexibility index (Phi) is 5.70. The van der Waals surface area contributed by atoms with Crippen LogP contribution in [0, 0.1) is 11.3 Å². The number of benzene rings is 1. The minimum absolute atomic E-state index is 0.216. The molecule has 0 atom stereocenters. The Labute approximate surface area is 137 Å². The summed E-state index contributed by atoms with van der Waals surface area (Å²) in [4.78, 5) is 11.8. The number of hydrogen-bond acceptors (Lipinski definition) is 6. The van der Waals surface area contributed by atoms with Crippen LogP contribution in [0.4, 0.5) is 4.39 Å². The molecule has 0 unspecified atom stereocenters. The first kappa shape index (κ1) is 17.0. The Morgan fingerprint density at radius 3 is 2.96 bits per heavy atom. The van der Waals surface area contributed by atoms with Gasteiger partial charge >= 0.3 is 0 Å². The molecule has 120 valence electrons. The van der Waals surface area contributed by atoms with Crippen LogP contribution in [-0.4, -0.2) is 16.7 Å². The second-order valence-corrected chi connectivity index (χ2v) is 5.55. The molecule has 7 heteroatoms. The zero-order valence-electron chi connectivity index (χ0n) is 12.9. The van der Waals surface area contributed by atoms with Crippen molar-refractivity contribution in [3.63, 3.8) is 0 Å². The van der Waals surface area contributed by atoms with Gasteiger partial charge in [0.1, 0.15) is 5.82 Å². The normalized spacial score (nSPS) is 11.3. The molecule has 5 nitrogen and oxygen atoms in total. The third kappa shape index (κ3) is 4.07. The van der Waals surface area contributed by atoms with Gasteiger partial charge in [0.15, 0.2) is 5.78 Å². The number of halogens is 1. The maximum absolute atomic E-state index is 13.4. The van der Waals surface area contributed by atoms with Gasteiger partial charge in [-0.2, -0.15) is 9.49 Å². The molecule has 2 N–H and O–H groups in total. The molecule has 1 aromatic carbocycles. The summed E-state index contributed by atoms with van der Waals surface area (Å²) in [6, 6.07) is 4.11. The van der Waals surface area contributed by atoms with Crippen molar-refractivity contribution in [3.05, 3.63) is 52.4 Å². The van der Waals surface area contributed by atoms with Gasteiger partial charge in [0, 0.05) is 35.7 Å². The first-order chi connectivity index (χ1) is 11.1. The molecular weight excluding hydrogens is 315 g/mol. The SMILES string of the molecule is CCN/C=C(/Cc1csnc1-c1ccc(F)cc1C(C)=O)N=N. The molecule has 1 aromatic heterocycles. The highest BCUT2D eigenvalue weighted by atomic mass is 32.1. The van der Waals surface area contributed by atoms with E-state index in [2.05, 4.69) is 14.8 Å². The molecule has 0 saturated carbocycles. The Morgan fingerprint density at radius 1 is 1.52 bits per heavy atom. The monoisotopic (exact) mass is 332 g/mol. The van der Waals surface area contributed by atoms with Crippen molar-refractivity contribution in [2.45, 2.75) is 20.3 Å². The van der Waals surface area contributed by atoms with E-state index in [1.165, 1.54) is 30.6 Å². The second-order valence-electron chi connectivity index (χ2n) is 4.92. The van der Waals surface area contributed by atoms with Crippen LogP contribution < -0.4 is 5.32 Å². The van der Waals surface area contributed by atoms with E-state index in [1.54, 1.807) is 12.3 Å². The summed E-state index contributed by atoms with van der Waals surface area (Å²) in [5.74, 6) is -0.670. The smallest absolute Gasteiger partial charge is 0.160 e. The predicted molar refractivity (Wildman–Crippen MR) is 88.1 cm³/mol. The largest absolute Gasteiger partial charge is 0.390 e. The highest BCUT2D eigenvalue weighted by molar-refractivity contribution is 7.04. The summed E-state index contributed by atoms with van der Waals surface area (Å²) in [5, 5.41) is 8.37. The van der Waals surface area contributed by atoms with E-state index < -0.39 is 5.82 Å². The average Bonchev–Trinajstić information content (AvgIpc) is 2.99. The van der Waals surface area contributed by atoms with Gasteiger partial charge < -0.3 is 5.32 Å². The summed E-state index contributed by atoms with van der Waals surface area (Å²) in [5.41, 5.74) is 10.2. The van der Waals surface area contributed by atoms with Gasteiger partial charge in [-0.05, 0) is 49.1 Å². The van der Waals surface area contributed by atoms with E-state index in [0.29, 0.717) is 28.9 Å². The van der Waals surface area contributed by atoms with Gasteiger partial charge in [0.05, 0.1) is 11.4 Å². The molecule has 1 heterocycles. The van der Waals surface area contributed by atoms with E-state index >= 15 is 0 Å². The number of allylic oxidation sites excluding steroid dienone is 1. The first-order valence-corrected chi connectivity index (χ1v) is 7.94. The number of rotatable bonds is 7. The lowest BCUT2D eigenvalue weighted by atomic mass is 9.98. The molecule has 0 aliphatic heterocycles. The fourth-order valence-corrected chi connectivity index (χ4v) is 2.85. The number of hydrogen-bond donors (Lipinski definition) is 2. The van der Waals surface area contributed by atoms with E-state index in [4.69, 9.17) is 5.53 Å². The fraction of sp³-hybridized carbons (Fsp3) is 0.250. The van der Waals surface area contributed by atoms with Crippen molar-refractivity contribution in [1.29, 1.82) is 5.53 Å². The minimum atomic E-state index is -0.454. The Balaban J connectivity index is 2.42. The molecule has 0 saturated heterocycles. The maximum atomic E-state index is 13.4. The zero-order chi connectivity index (χ0) is 16.8. The van der Waals surface area contributed by atoms with Gasteiger partial charge in [0.25, 0.3) is 0 Å². The lowest BCUT2D eigenvalue weighted by Crippen LogP contribution is -2.05. The van der Waals surface area contributed by atoms with Crippen molar-refractivity contribution in [3.8, 4) is 11.3 Å². The summed E-state index contributed by atoms with van der Waals surface area (Å²) in [6.45, 7) is 4.09. The standard InChI is InChI=1S/C16H17FN4OS/c1-3-19-8-13(20-18)6-11-9-23-21-16(11)14-5-4-12(17)7-15(14)10(2)22/h4-5,7-9,18-19H,3,6H2,1-2H3/b13-8-,20-18?. The molecule has 0 spiro atoms. The van der Waals surface area contributed by atoms with Crippen LogP contribution in [0.2, 0.25) is 0 Å². The van der Waals surface area contributed by atoms with Gasteiger partial charge in [-0.3, -0.25) is 4.79 Å². The van der Waals surface area contributed by atoms with Gasteiger partial charge in [-0.25, -0.2) is 9.92 Å². The third-order valence-electron chi connectivity index (χ3n) is 3.25. The van der Waals surface area contributed by atoms with Crippen LogP contribution in [0.1, 0.15) is 29.8 Å². The molecule has 0 bridgehead atoms. The molecule has 0 amide bonds. The van der Waals surface area contributed by atoms with Crippen molar-refractivity contribution >= 4 is 17.3 Å². The summed E-state index contributed by atoms with van der Waals surface area (Å²) in [6.07, 6.45) is 2.10. The molecule has 2 rings (SSSR count). The van der Waals surface area contributed by atoms with Crippen LogP contribution in [-0.2, 0) is 6.42 Å². The molecule has 0 fully saturated rings. The lowest BCUT2D eigenvalue weighted by Gasteiger charge is -2.08. The van der Waals surface area contributed by atoms with Crippen molar-refractivity contribution in [2.75, 3.05) is 6.54 Å². The van der Waals surface area contributed by atoms with E-state index in [0.717, 1.165) is 12.1 Å². The van der Waals surface area contributed by atoms with Crippen LogP contribution in [0.3, 0.4) is 0 Å². The Hall–Kier alpha value is -2.41. The highest BCUT2D eigenvalue weighted by Crippen LogP contribution is 2.30. The van der Waals surface area contributed by atoms with E-state index in [9.17, 15) is 9.18 Å². The molecular formula is C16H17FN4OS. The van der Waals surface area contributed by atoms with Crippen LogP contribution in [0.15, 0.2) is 40.6 Å². The topological polar surface area (TPSA) is 78.2 Å². The number of carbonyl (C=O) groups is 1. The van der Waals surface area contributed by atoms with Crippen molar-refractivity contribution in [1.82, 2.24) is 9.69 Å². The number of nitrogens with zero attached hydrogens (tertiary/aromatic N) is 2. The Morgan fingerprint density at radius 2 is 2.30 bits per heavy atom. The van der Waals surface area contributed by atoms with Gasteiger partial charge in [0.2, 0.25) is 0 Å². The average molecular weight is 332 g/mol. The van der Waals surface area contributed by atoms with Crippen LogP contribution >= 0.6 is 11.5 Å². The fourth-order valence-electron chi connectivity index (χ4n) is 2.16. The summed E-state index contributed by atoms with van der Waals surface area (Å²) < 4.78 is 17.8. The minimum Gasteiger partial charge on any atom is -0.390 e. The zero-order valence-corrected chi connectivity index (χ0v) is 13.7. The number of aromatic nitrogens is 1. The van der Waals surface area contributed by atoms with Crippen molar-refractivity contribution in [2.24, 2.45) is 5.11 Å². The quantitative estimate of drug-likeness (QED) is 0.590. The van der Waals surface area contributed by atoms with Gasteiger partial charge in [-0.1, -0.05) is 0 Å². The number of Topliss-reactive ketones (excluding diaryl/α,β-unsaturated/α-hetero) is 1. The molecule has 0 aliphatic carbocycles. The maximum Gasteiger partial charge on any atom is 0.160 e. The number of nitrogens with one attached hydrogen (secondary N) is 2. The second kappa shape index (κ2) is 7.73. The van der Waals surface area contributed by atoms with Gasteiger partial charge in [-0.15, -0.1) is 0 Å². The summed E-state index contributed by atoms with van der Waals surface area (Å²) >= 11 is 1.26. The first-order valence-electron chi connectivity index (χ1n) is 7.10. The molecule has 23 heavy (non-hydrogen) atoms. The molecule has 0 radical (unpaired) electrons. The molecule has 0 aliphatic rings. The van der Waals surface area contributed by atoms with Crippen LogP contribution in [0.25, 0.3) is 11.3 Å². The van der Waals surface area contributed by atoms with Crippen LogP contribution in [0.5, 0.6) is 0 Å². The lowest BCUT2D eigenvalue weighted by molar-refractivity contribution is 0.101. The van der Waals surface area contributed by atoms with Crippen molar-refractivity contribution < 1.29 is 9.18 Å². The van der Waals surface area contributed by atoms with E-state index in [1.807, 2.05) is 12.3 Å².